The molecule has 8 nitrogen and oxygen atoms in total. The fourth-order valence-electron chi connectivity index (χ4n) is 2.00. The van der Waals surface area contributed by atoms with E-state index in [9.17, 15) is 0 Å². The summed E-state index contributed by atoms with van der Waals surface area (Å²) in [6.07, 6.45) is 4.29. The number of nitrogens with zero attached hydrogens (tertiary/aromatic N) is 6. The van der Waals surface area contributed by atoms with Crippen molar-refractivity contribution in [2.24, 2.45) is 11.8 Å². The highest BCUT2D eigenvalue weighted by molar-refractivity contribution is 5.37. The standard InChI is InChI=1S/C12H18N8/c1-3-14-10-17-11(15-5-9-4-8(9)2)19-12(18-10)20-7-13-6-16-20/h6-9H,3-5H2,1-2H3,(H2,14,15,17,18,19). The van der Waals surface area contributed by atoms with Gasteiger partial charge in [-0.25, -0.2) is 4.98 Å². The Bertz CT molecular complexity index is 567. The first-order chi connectivity index (χ1) is 9.76. The van der Waals surface area contributed by atoms with E-state index in [2.05, 4.69) is 42.6 Å². The van der Waals surface area contributed by atoms with E-state index in [0.717, 1.165) is 24.9 Å². The molecule has 106 valence electrons. The molecule has 0 spiro atoms. The molecule has 1 aliphatic carbocycles. The number of hydrogen-bond acceptors (Lipinski definition) is 7. The summed E-state index contributed by atoms with van der Waals surface area (Å²) in [5.41, 5.74) is 0. The van der Waals surface area contributed by atoms with Crippen LogP contribution in [0.15, 0.2) is 12.7 Å². The fraction of sp³-hybridized carbons (Fsp3) is 0.583. The van der Waals surface area contributed by atoms with Crippen molar-refractivity contribution in [1.29, 1.82) is 0 Å². The van der Waals surface area contributed by atoms with Gasteiger partial charge in [0.15, 0.2) is 0 Å². The third-order valence-corrected chi connectivity index (χ3v) is 3.38. The highest BCUT2D eigenvalue weighted by Gasteiger charge is 2.32. The van der Waals surface area contributed by atoms with Crippen LogP contribution in [0.25, 0.3) is 5.95 Å². The molecule has 1 fully saturated rings. The summed E-state index contributed by atoms with van der Waals surface area (Å²) >= 11 is 0. The summed E-state index contributed by atoms with van der Waals surface area (Å²) < 4.78 is 1.52. The van der Waals surface area contributed by atoms with Crippen LogP contribution in [0.3, 0.4) is 0 Å². The van der Waals surface area contributed by atoms with E-state index in [-0.39, 0.29) is 0 Å². The average Bonchev–Trinajstić information content (AvgIpc) is 2.93. The van der Waals surface area contributed by atoms with Crippen LogP contribution in [-0.2, 0) is 0 Å². The number of hydrogen-bond donors (Lipinski definition) is 2. The molecule has 0 amide bonds. The summed E-state index contributed by atoms with van der Waals surface area (Å²) in [4.78, 5) is 16.9. The van der Waals surface area contributed by atoms with Gasteiger partial charge in [-0.2, -0.15) is 24.7 Å². The van der Waals surface area contributed by atoms with Gasteiger partial charge in [0.25, 0.3) is 5.95 Å². The molecule has 8 heteroatoms. The van der Waals surface area contributed by atoms with Gasteiger partial charge in [0.05, 0.1) is 0 Å². The molecule has 1 aliphatic rings. The highest BCUT2D eigenvalue weighted by atomic mass is 15.4. The zero-order valence-corrected chi connectivity index (χ0v) is 11.6. The lowest BCUT2D eigenvalue weighted by atomic mass is 10.3. The number of aromatic nitrogens is 6. The summed E-state index contributed by atoms with van der Waals surface area (Å²) in [7, 11) is 0. The molecule has 2 N–H and O–H groups in total. The van der Waals surface area contributed by atoms with Crippen molar-refractivity contribution in [2.75, 3.05) is 23.7 Å². The Kier molecular flexibility index (Phi) is 3.44. The molecule has 0 saturated heterocycles. The quantitative estimate of drug-likeness (QED) is 0.810. The molecule has 3 rings (SSSR count). The van der Waals surface area contributed by atoms with Crippen molar-refractivity contribution in [2.45, 2.75) is 20.3 Å². The summed E-state index contributed by atoms with van der Waals surface area (Å²) in [6.45, 7) is 5.90. The van der Waals surface area contributed by atoms with Crippen LogP contribution < -0.4 is 10.6 Å². The Balaban J connectivity index is 1.80. The van der Waals surface area contributed by atoms with Crippen molar-refractivity contribution in [3.8, 4) is 5.95 Å². The summed E-state index contributed by atoms with van der Waals surface area (Å²) in [5, 5.41) is 10.4. The van der Waals surface area contributed by atoms with Crippen molar-refractivity contribution in [1.82, 2.24) is 29.7 Å². The molecule has 0 aliphatic heterocycles. The molecule has 0 radical (unpaired) electrons. The van der Waals surface area contributed by atoms with Crippen molar-refractivity contribution < 1.29 is 0 Å². The molecule has 2 heterocycles. The highest BCUT2D eigenvalue weighted by Crippen LogP contribution is 2.37. The summed E-state index contributed by atoms with van der Waals surface area (Å²) in [5.74, 6) is 3.09. The third-order valence-electron chi connectivity index (χ3n) is 3.38. The van der Waals surface area contributed by atoms with E-state index in [0.29, 0.717) is 17.8 Å². The molecule has 2 atom stereocenters. The van der Waals surface area contributed by atoms with E-state index in [1.54, 1.807) is 6.33 Å². The predicted octanol–water partition coefficient (Wildman–Crippen LogP) is 0.952. The third kappa shape index (κ3) is 2.84. The van der Waals surface area contributed by atoms with Crippen molar-refractivity contribution in [3.63, 3.8) is 0 Å². The maximum atomic E-state index is 4.37. The molecule has 2 aromatic rings. The average molecular weight is 274 g/mol. The SMILES string of the molecule is CCNc1nc(NCC2CC2C)nc(-n2cncn2)n1. The minimum absolute atomic E-state index is 0.458. The first-order valence-electron chi connectivity index (χ1n) is 6.85. The lowest BCUT2D eigenvalue weighted by Crippen LogP contribution is -2.14. The van der Waals surface area contributed by atoms with Crippen LogP contribution in [0, 0.1) is 11.8 Å². The molecule has 1 saturated carbocycles. The van der Waals surface area contributed by atoms with E-state index >= 15 is 0 Å². The van der Waals surface area contributed by atoms with Crippen LogP contribution in [0.5, 0.6) is 0 Å². The van der Waals surface area contributed by atoms with Gasteiger partial charge >= 0.3 is 0 Å². The minimum atomic E-state index is 0.458. The second-order valence-corrected chi connectivity index (χ2v) is 5.01. The maximum absolute atomic E-state index is 4.37. The fourth-order valence-corrected chi connectivity index (χ4v) is 2.00. The molecular formula is C12H18N8. The van der Waals surface area contributed by atoms with Crippen LogP contribution in [0.2, 0.25) is 0 Å². The summed E-state index contributed by atoms with van der Waals surface area (Å²) in [6, 6.07) is 0. The van der Waals surface area contributed by atoms with Gasteiger partial charge in [-0.05, 0) is 25.2 Å². The Morgan fingerprint density at radius 3 is 2.60 bits per heavy atom. The van der Waals surface area contributed by atoms with E-state index in [1.807, 2.05) is 6.92 Å². The van der Waals surface area contributed by atoms with Gasteiger partial charge in [-0.15, -0.1) is 0 Å². The van der Waals surface area contributed by atoms with Gasteiger partial charge < -0.3 is 10.6 Å². The molecule has 0 bridgehead atoms. The number of nitrogens with one attached hydrogen (secondary N) is 2. The van der Waals surface area contributed by atoms with Gasteiger partial charge in [-0.1, -0.05) is 6.92 Å². The van der Waals surface area contributed by atoms with Gasteiger partial charge in [-0.3, -0.25) is 0 Å². The van der Waals surface area contributed by atoms with Gasteiger partial charge in [0.2, 0.25) is 11.9 Å². The molecular weight excluding hydrogens is 256 g/mol. The van der Waals surface area contributed by atoms with E-state index in [4.69, 9.17) is 0 Å². The largest absolute Gasteiger partial charge is 0.354 e. The zero-order chi connectivity index (χ0) is 13.9. The first kappa shape index (κ1) is 12.8. The predicted molar refractivity (Wildman–Crippen MR) is 74.7 cm³/mol. The van der Waals surface area contributed by atoms with E-state index in [1.165, 1.54) is 17.4 Å². The van der Waals surface area contributed by atoms with Gasteiger partial charge in [0.1, 0.15) is 12.7 Å². The monoisotopic (exact) mass is 274 g/mol. The number of anilines is 2. The molecule has 20 heavy (non-hydrogen) atoms. The minimum Gasteiger partial charge on any atom is -0.354 e. The molecule has 2 unspecified atom stereocenters. The Morgan fingerprint density at radius 2 is 2.00 bits per heavy atom. The zero-order valence-electron chi connectivity index (χ0n) is 11.6. The Labute approximate surface area is 117 Å². The van der Waals surface area contributed by atoms with Crippen LogP contribution >= 0.6 is 0 Å². The Morgan fingerprint density at radius 1 is 1.25 bits per heavy atom. The van der Waals surface area contributed by atoms with Crippen LogP contribution in [-0.4, -0.2) is 42.8 Å². The smallest absolute Gasteiger partial charge is 0.258 e. The van der Waals surface area contributed by atoms with Crippen LogP contribution in [0.1, 0.15) is 20.3 Å². The van der Waals surface area contributed by atoms with Crippen molar-refractivity contribution in [3.05, 3.63) is 12.7 Å². The first-order valence-corrected chi connectivity index (χ1v) is 6.85. The second-order valence-electron chi connectivity index (χ2n) is 5.01. The van der Waals surface area contributed by atoms with Crippen molar-refractivity contribution >= 4 is 11.9 Å². The normalized spacial score (nSPS) is 20.7. The van der Waals surface area contributed by atoms with E-state index < -0.39 is 0 Å². The van der Waals surface area contributed by atoms with Crippen LogP contribution in [0.4, 0.5) is 11.9 Å². The lowest BCUT2D eigenvalue weighted by Gasteiger charge is -2.08. The second kappa shape index (κ2) is 5.40. The lowest BCUT2D eigenvalue weighted by molar-refractivity contribution is 0.766. The topological polar surface area (TPSA) is 93.4 Å². The molecule has 2 aromatic heterocycles. The molecule has 0 aromatic carbocycles. The van der Waals surface area contributed by atoms with Gasteiger partial charge in [0, 0.05) is 13.1 Å². The Hall–Kier alpha value is -2.25. The maximum Gasteiger partial charge on any atom is 0.258 e. The number of rotatable bonds is 6.